The number of carbonyl (C=O) groups is 2. The van der Waals surface area contributed by atoms with Gasteiger partial charge in [0.05, 0.1) is 18.2 Å². The Balaban J connectivity index is 2.98. The number of carbonyl (C=O) groups excluding carboxylic acids is 1. The van der Waals surface area contributed by atoms with Crippen molar-refractivity contribution in [1.82, 2.24) is 0 Å². The molecule has 0 aromatic heterocycles. The molecule has 0 unspecified atom stereocenters. The van der Waals surface area contributed by atoms with Gasteiger partial charge < -0.3 is 10.4 Å². The smallest absolute Gasteiger partial charge is 0.307 e. The van der Waals surface area contributed by atoms with E-state index < -0.39 is 11.9 Å². The molecule has 1 aromatic rings. The summed E-state index contributed by atoms with van der Waals surface area (Å²) in [4.78, 5) is 21.9. The predicted molar refractivity (Wildman–Crippen MR) is 72.0 cm³/mol. The van der Waals surface area contributed by atoms with E-state index in [9.17, 15) is 9.59 Å². The lowest BCUT2D eigenvalue weighted by atomic mass is 10.1. The first-order valence-electron chi connectivity index (χ1n) is 4.80. The van der Waals surface area contributed by atoms with Crippen LogP contribution < -0.4 is 5.32 Å². The molecule has 94 valence electrons. The number of rotatable bonds is 4. The van der Waals surface area contributed by atoms with Crippen molar-refractivity contribution in [2.24, 2.45) is 0 Å². The first-order chi connectivity index (χ1) is 8.43. The van der Waals surface area contributed by atoms with Crippen molar-refractivity contribution in [3.63, 3.8) is 0 Å². The van der Waals surface area contributed by atoms with Gasteiger partial charge in [0.1, 0.15) is 6.42 Å². The highest BCUT2D eigenvalue weighted by molar-refractivity contribution is 9.11. The van der Waals surface area contributed by atoms with Crippen LogP contribution in [0.4, 0.5) is 5.69 Å². The highest BCUT2D eigenvalue weighted by Gasteiger charge is 2.12. The lowest BCUT2D eigenvalue weighted by Gasteiger charge is -2.10. The van der Waals surface area contributed by atoms with Crippen LogP contribution in [-0.2, 0) is 16.0 Å². The number of hydrogen-bond acceptors (Lipinski definition) is 3. The zero-order valence-corrected chi connectivity index (χ0v) is 12.2. The van der Waals surface area contributed by atoms with Gasteiger partial charge in [0.2, 0.25) is 5.91 Å². The van der Waals surface area contributed by atoms with Gasteiger partial charge in [-0.1, -0.05) is 0 Å². The molecule has 1 aromatic carbocycles. The summed E-state index contributed by atoms with van der Waals surface area (Å²) < 4.78 is 1.11. The van der Waals surface area contributed by atoms with E-state index in [1.165, 1.54) is 0 Å². The maximum Gasteiger partial charge on any atom is 0.307 e. The van der Waals surface area contributed by atoms with E-state index in [4.69, 9.17) is 10.4 Å². The van der Waals surface area contributed by atoms with Gasteiger partial charge in [0.25, 0.3) is 0 Å². The molecule has 0 radical (unpaired) electrons. The molecule has 0 aliphatic rings. The summed E-state index contributed by atoms with van der Waals surface area (Å²) in [5.41, 5.74) is 1.07. The van der Waals surface area contributed by atoms with Crippen LogP contribution in [-0.4, -0.2) is 17.0 Å². The summed E-state index contributed by atoms with van der Waals surface area (Å²) in [6.45, 7) is 0. The number of nitrogens with one attached hydrogen (secondary N) is 1. The molecule has 18 heavy (non-hydrogen) atoms. The van der Waals surface area contributed by atoms with Crippen molar-refractivity contribution < 1.29 is 14.7 Å². The minimum absolute atomic E-state index is 0.108. The summed E-state index contributed by atoms with van der Waals surface area (Å²) in [7, 11) is 0. The van der Waals surface area contributed by atoms with Crippen LogP contribution in [0.25, 0.3) is 0 Å². The molecule has 2 N–H and O–H groups in total. The minimum atomic E-state index is -0.935. The number of nitrogens with zero attached hydrogens (tertiary/aromatic N) is 1. The molecule has 0 atom stereocenters. The summed E-state index contributed by atoms with van der Waals surface area (Å²) in [5, 5.41) is 19.7. The Kier molecular flexibility index (Phi) is 5.31. The van der Waals surface area contributed by atoms with E-state index in [0.717, 1.165) is 0 Å². The summed E-state index contributed by atoms with van der Waals surface area (Å²) in [6, 6.07) is 4.97. The van der Waals surface area contributed by atoms with E-state index in [2.05, 4.69) is 37.2 Å². The van der Waals surface area contributed by atoms with Gasteiger partial charge in [-0.2, -0.15) is 5.26 Å². The van der Waals surface area contributed by atoms with Gasteiger partial charge >= 0.3 is 5.97 Å². The fourth-order valence-electron chi connectivity index (χ4n) is 1.28. The number of nitriles is 1. The number of aliphatic carboxylic acids is 1. The number of halogens is 2. The van der Waals surface area contributed by atoms with Crippen LogP contribution in [0.15, 0.2) is 21.1 Å². The molecular formula is C11H8Br2N2O3. The molecule has 0 aliphatic heterocycles. The maximum atomic E-state index is 11.3. The van der Waals surface area contributed by atoms with Gasteiger partial charge in [0, 0.05) is 8.95 Å². The maximum absolute atomic E-state index is 11.3. The van der Waals surface area contributed by atoms with Crippen molar-refractivity contribution in [3.05, 3.63) is 26.6 Å². The average Bonchev–Trinajstić information content (AvgIpc) is 2.23. The third-order valence-electron chi connectivity index (χ3n) is 1.96. The van der Waals surface area contributed by atoms with Gasteiger partial charge in [0.15, 0.2) is 0 Å². The molecule has 1 rings (SSSR count). The van der Waals surface area contributed by atoms with E-state index >= 15 is 0 Å². The largest absolute Gasteiger partial charge is 0.481 e. The summed E-state index contributed by atoms with van der Waals surface area (Å²) >= 11 is 6.49. The Labute approximate surface area is 120 Å². The van der Waals surface area contributed by atoms with Crippen molar-refractivity contribution in [2.75, 3.05) is 5.32 Å². The van der Waals surface area contributed by atoms with E-state index in [1.807, 2.05) is 0 Å². The molecule has 0 saturated heterocycles. The van der Waals surface area contributed by atoms with Crippen LogP contribution in [0, 0.1) is 11.3 Å². The molecule has 0 fully saturated rings. The molecular weight excluding hydrogens is 368 g/mol. The van der Waals surface area contributed by atoms with Crippen LogP contribution in [0.1, 0.15) is 12.0 Å². The molecule has 0 bridgehead atoms. The van der Waals surface area contributed by atoms with Crippen LogP contribution in [0.3, 0.4) is 0 Å². The Hall–Kier alpha value is -1.39. The second kappa shape index (κ2) is 6.52. The monoisotopic (exact) mass is 374 g/mol. The Morgan fingerprint density at radius 3 is 2.33 bits per heavy atom. The summed E-state index contributed by atoms with van der Waals surface area (Å²) in [5.74, 6) is -1.36. The first-order valence-corrected chi connectivity index (χ1v) is 6.39. The number of carboxylic acid groups (broad SMARTS) is 1. The second-order valence-electron chi connectivity index (χ2n) is 3.39. The predicted octanol–water partition coefficient (Wildman–Crippen LogP) is 2.69. The first kappa shape index (κ1) is 14.7. The number of benzene rings is 1. The quantitative estimate of drug-likeness (QED) is 0.846. The lowest BCUT2D eigenvalue weighted by molar-refractivity contribution is -0.136. The number of amides is 1. The number of carboxylic acids is 1. The van der Waals surface area contributed by atoms with Crippen molar-refractivity contribution in [1.29, 1.82) is 5.26 Å². The Morgan fingerprint density at radius 2 is 1.89 bits per heavy atom. The summed E-state index contributed by atoms with van der Waals surface area (Å²) in [6.07, 6.45) is -0.348. The molecule has 0 heterocycles. The zero-order valence-electron chi connectivity index (χ0n) is 9.04. The standard InChI is InChI=1S/C11H8Br2N2O3/c12-7-3-6(5-10(17)18)4-8(13)11(7)15-9(16)1-2-14/h3-4H,1,5H2,(H,15,16)(H,17,18). The highest BCUT2D eigenvalue weighted by atomic mass is 79.9. The fourth-order valence-corrected chi connectivity index (χ4v) is 2.76. The van der Waals surface area contributed by atoms with Crippen molar-refractivity contribution in [3.8, 4) is 6.07 Å². The van der Waals surface area contributed by atoms with Gasteiger partial charge in [-0.3, -0.25) is 9.59 Å². The Bertz CT molecular complexity index is 515. The van der Waals surface area contributed by atoms with Gasteiger partial charge in [-0.15, -0.1) is 0 Å². The topological polar surface area (TPSA) is 90.2 Å². The fraction of sp³-hybridized carbons (Fsp3) is 0.182. The van der Waals surface area contributed by atoms with Crippen LogP contribution in [0.5, 0.6) is 0 Å². The van der Waals surface area contributed by atoms with E-state index in [0.29, 0.717) is 20.2 Å². The molecule has 0 aliphatic carbocycles. The third kappa shape index (κ3) is 4.13. The third-order valence-corrected chi connectivity index (χ3v) is 3.21. The van der Waals surface area contributed by atoms with Crippen LogP contribution >= 0.6 is 31.9 Å². The average molecular weight is 376 g/mol. The molecule has 7 heteroatoms. The minimum Gasteiger partial charge on any atom is -0.481 e. The Morgan fingerprint density at radius 1 is 1.33 bits per heavy atom. The zero-order chi connectivity index (χ0) is 13.7. The molecule has 1 amide bonds. The van der Waals surface area contributed by atoms with E-state index in [-0.39, 0.29) is 12.8 Å². The van der Waals surface area contributed by atoms with E-state index in [1.54, 1.807) is 18.2 Å². The number of anilines is 1. The number of hydrogen-bond donors (Lipinski definition) is 2. The highest BCUT2D eigenvalue weighted by Crippen LogP contribution is 2.32. The second-order valence-corrected chi connectivity index (χ2v) is 5.10. The SMILES string of the molecule is N#CCC(=O)Nc1c(Br)cc(CC(=O)O)cc1Br. The normalized spacial score (nSPS) is 9.61. The van der Waals surface area contributed by atoms with Crippen LogP contribution in [0.2, 0.25) is 0 Å². The molecule has 0 saturated carbocycles. The van der Waals surface area contributed by atoms with Gasteiger partial charge in [-0.05, 0) is 49.6 Å². The lowest BCUT2D eigenvalue weighted by Crippen LogP contribution is -2.11. The van der Waals surface area contributed by atoms with Crippen molar-refractivity contribution >= 4 is 49.4 Å². The van der Waals surface area contributed by atoms with Gasteiger partial charge in [-0.25, -0.2) is 0 Å². The molecule has 5 nitrogen and oxygen atoms in total. The molecule has 0 spiro atoms. The van der Waals surface area contributed by atoms with Crippen molar-refractivity contribution in [2.45, 2.75) is 12.8 Å².